The van der Waals surface area contributed by atoms with Crippen molar-refractivity contribution in [1.29, 1.82) is 0 Å². The van der Waals surface area contributed by atoms with Gasteiger partial charge in [0.05, 0.1) is 25.3 Å². The zero-order valence-electron chi connectivity index (χ0n) is 17.1. The molecule has 0 aliphatic heterocycles. The minimum atomic E-state index is 0.427. The first-order chi connectivity index (χ1) is 14.1. The maximum Gasteiger partial charge on any atom is 0.203 e. The molecule has 0 saturated heterocycles. The van der Waals surface area contributed by atoms with Gasteiger partial charge in [-0.25, -0.2) is 4.98 Å². The molecule has 0 atom stereocenters. The van der Waals surface area contributed by atoms with Gasteiger partial charge in [0.2, 0.25) is 5.75 Å². The smallest absolute Gasteiger partial charge is 0.203 e. The Morgan fingerprint density at radius 3 is 2.17 bits per heavy atom. The van der Waals surface area contributed by atoms with Crippen LogP contribution in [0.15, 0.2) is 54.6 Å². The van der Waals surface area contributed by atoms with Gasteiger partial charge in [-0.15, -0.1) is 0 Å². The molecule has 0 radical (unpaired) electrons. The highest BCUT2D eigenvalue weighted by Gasteiger charge is 2.17. The number of methoxy groups -OCH3 is 2. The number of H-pyrrole nitrogens is 1. The van der Waals surface area contributed by atoms with E-state index in [9.17, 15) is 0 Å². The van der Waals surface area contributed by atoms with Crippen molar-refractivity contribution in [2.75, 3.05) is 14.2 Å². The lowest BCUT2D eigenvalue weighted by molar-refractivity contribution is 0.266. The number of rotatable bonds is 6. The Balaban J connectivity index is 1.72. The number of nitrogens with zero attached hydrogens (tertiary/aromatic N) is 1. The van der Waals surface area contributed by atoms with Gasteiger partial charge >= 0.3 is 0 Å². The number of ether oxygens (including phenoxy) is 3. The fraction of sp³-hybridized carbons (Fsp3) is 0.208. The number of benzene rings is 3. The van der Waals surface area contributed by atoms with Crippen LogP contribution in [0.4, 0.5) is 0 Å². The third kappa shape index (κ3) is 3.76. The molecule has 4 aromatic rings. The minimum absolute atomic E-state index is 0.427. The number of aromatic nitrogens is 2. The molecule has 0 aliphatic rings. The third-order valence-electron chi connectivity index (χ3n) is 5.06. The summed E-state index contributed by atoms with van der Waals surface area (Å²) >= 11 is 0. The van der Waals surface area contributed by atoms with Gasteiger partial charge in [0.1, 0.15) is 12.4 Å². The number of hydrogen-bond acceptors (Lipinski definition) is 4. The highest BCUT2D eigenvalue weighted by molar-refractivity contribution is 5.81. The Bertz CT molecular complexity index is 1090. The number of aromatic amines is 1. The zero-order chi connectivity index (χ0) is 20.4. The largest absolute Gasteiger partial charge is 0.493 e. The number of nitrogens with one attached hydrogen (secondary N) is 1. The first-order valence-electron chi connectivity index (χ1n) is 9.49. The lowest BCUT2D eigenvalue weighted by Crippen LogP contribution is -2.00. The minimum Gasteiger partial charge on any atom is -0.493 e. The van der Waals surface area contributed by atoms with E-state index in [4.69, 9.17) is 19.2 Å². The van der Waals surface area contributed by atoms with Crippen molar-refractivity contribution in [2.45, 2.75) is 20.5 Å². The number of imidazole rings is 1. The molecule has 0 bridgehead atoms. The quantitative estimate of drug-likeness (QED) is 0.478. The maximum atomic E-state index is 6.04. The van der Waals surface area contributed by atoms with E-state index in [1.807, 2.05) is 42.5 Å². The molecule has 5 heteroatoms. The summed E-state index contributed by atoms with van der Waals surface area (Å²) in [5, 5.41) is 0. The molecule has 0 amide bonds. The lowest BCUT2D eigenvalue weighted by atomic mass is 10.1. The second-order valence-electron chi connectivity index (χ2n) is 7.02. The van der Waals surface area contributed by atoms with Crippen LogP contribution in [0.1, 0.15) is 16.7 Å². The first-order valence-corrected chi connectivity index (χ1v) is 9.49. The molecular weight excluding hydrogens is 364 g/mol. The molecule has 29 heavy (non-hydrogen) atoms. The molecule has 0 fully saturated rings. The number of fused-ring (bicyclic) bond motifs is 1. The molecule has 1 N–H and O–H groups in total. The summed E-state index contributed by atoms with van der Waals surface area (Å²) in [6.07, 6.45) is 0. The Hall–Kier alpha value is -3.47. The van der Waals surface area contributed by atoms with E-state index in [0.29, 0.717) is 23.9 Å². The van der Waals surface area contributed by atoms with Gasteiger partial charge in [-0.1, -0.05) is 30.3 Å². The van der Waals surface area contributed by atoms with E-state index >= 15 is 0 Å². The molecule has 0 unspecified atom stereocenters. The van der Waals surface area contributed by atoms with E-state index in [0.717, 1.165) is 28.0 Å². The number of hydrogen-bond donors (Lipinski definition) is 1. The molecule has 0 saturated carbocycles. The van der Waals surface area contributed by atoms with Crippen molar-refractivity contribution in [3.05, 3.63) is 71.3 Å². The van der Waals surface area contributed by atoms with Crippen molar-refractivity contribution < 1.29 is 14.2 Å². The fourth-order valence-corrected chi connectivity index (χ4v) is 3.29. The van der Waals surface area contributed by atoms with E-state index < -0.39 is 0 Å². The van der Waals surface area contributed by atoms with Crippen LogP contribution in [-0.2, 0) is 6.61 Å². The predicted octanol–water partition coefficient (Wildman–Crippen LogP) is 5.44. The van der Waals surface area contributed by atoms with Gasteiger partial charge in [-0.05, 0) is 54.8 Å². The normalized spacial score (nSPS) is 10.9. The topological polar surface area (TPSA) is 56.4 Å². The molecule has 5 nitrogen and oxygen atoms in total. The van der Waals surface area contributed by atoms with E-state index in [-0.39, 0.29) is 0 Å². The molecule has 4 rings (SSSR count). The summed E-state index contributed by atoms with van der Waals surface area (Å²) in [4.78, 5) is 8.15. The Morgan fingerprint density at radius 1 is 0.862 bits per heavy atom. The van der Waals surface area contributed by atoms with Crippen LogP contribution < -0.4 is 14.2 Å². The van der Waals surface area contributed by atoms with Gasteiger partial charge in [0.15, 0.2) is 11.5 Å². The summed E-state index contributed by atoms with van der Waals surface area (Å²) < 4.78 is 17.2. The molecular formula is C24H24N2O3. The monoisotopic (exact) mass is 388 g/mol. The predicted molar refractivity (Wildman–Crippen MR) is 115 cm³/mol. The van der Waals surface area contributed by atoms with Crippen LogP contribution in [0.5, 0.6) is 17.2 Å². The van der Waals surface area contributed by atoms with Crippen LogP contribution in [0.2, 0.25) is 0 Å². The lowest BCUT2D eigenvalue weighted by Gasteiger charge is -2.15. The summed E-state index contributed by atoms with van der Waals surface area (Å²) in [5.41, 5.74) is 6.33. The van der Waals surface area contributed by atoms with Gasteiger partial charge < -0.3 is 19.2 Å². The van der Waals surface area contributed by atoms with Gasteiger partial charge in [0.25, 0.3) is 0 Å². The van der Waals surface area contributed by atoms with Gasteiger partial charge in [-0.2, -0.15) is 0 Å². The van der Waals surface area contributed by atoms with E-state index in [1.165, 1.54) is 11.1 Å². The van der Waals surface area contributed by atoms with Crippen molar-refractivity contribution in [3.63, 3.8) is 0 Å². The SMILES string of the molecule is COc1cc(-c2nc3cc(C)c(C)cc3[nH]2)cc(OC)c1OCc1ccccc1. The Labute approximate surface area is 170 Å². The average molecular weight is 388 g/mol. The standard InChI is InChI=1S/C24H24N2O3/c1-15-10-19-20(11-16(15)2)26-24(25-19)18-12-21(27-3)23(22(13-18)28-4)29-14-17-8-6-5-7-9-17/h5-13H,14H2,1-4H3,(H,25,26). The van der Waals surface area contributed by atoms with Crippen LogP contribution in [0, 0.1) is 13.8 Å². The maximum absolute atomic E-state index is 6.04. The second-order valence-corrected chi connectivity index (χ2v) is 7.02. The van der Waals surface area contributed by atoms with Crippen molar-refractivity contribution in [3.8, 4) is 28.6 Å². The Morgan fingerprint density at radius 2 is 1.52 bits per heavy atom. The highest BCUT2D eigenvalue weighted by atomic mass is 16.5. The highest BCUT2D eigenvalue weighted by Crippen LogP contribution is 2.41. The van der Waals surface area contributed by atoms with Crippen LogP contribution >= 0.6 is 0 Å². The summed E-state index contributed by atoms with van der Waals surface area (Å²) in [5.74, 6) is 2.54. The van der Waals surface area contributed by atoms with E-state index in [2.05, 4.69) is 31.0 Å². The Kier molecular flexibility index (Phi) is 5.12. The summed E-state index contributed by atoms with van der Waals surface area (Å²) in [7, 11) is 3.25. The second kappa shape index (κ2) is 7.87. The molecule has 3 aromatic carbocycles. The van der Waals surface area contributed by atoms with Crippen molar-refractivity contribution >= 4 is 11.0 Å². The third-order valence-corrected chi connectivity index (χ3v) is 5.06. The van der Waals surface area contributed by atoms with Gasteiger partial charge in [0, 0.05) is 5.56 Å². The van der Waals surface area contributed by atoms with E-state index in [1.54, 1.807) is 14.2 Å². The van der Waals surface area contributed by atoms with Crippen LogP contribution in [0.3, 0.4) is 0 Å². The molecule has 0 spiro atoms. The summed E-state index contributed by atoms with van der Waals surface area (Å²) in [6, 6.07) is 18.0. The number of aryl methyl sites for hydroxylation is 2. The van der Waals surface area contributed by atoms with Crippen molar-refractivity contribution in [1.82, 2.24) is 9.97 Å². The molecule has 148 valence electrons. The molecule has 0 aliphatic carbocycles. The first kappa shape index (κ1) is 18.9. The van der Waals surface area contributed by atoms with Crippen molar-refractivity contribution in [2.24, 2.45) is 0 Å². The fourth-order valence-electron chi connectivity index (χ4n) is 3.29. The van der Waals surface area contributed by atoms with Gasteiger partial charge in [-0.3, -0.25) is 0 Å². The molecule has 1 aromatic heterocycles. The molecule has 1 heterocycles. The zero-order valence-corrected chi connectivity index (χ0v) is 17.1. The average Bonchev–Trinajstić information content (AvgIpc) is 3.15. The van der Waals surface area contributed by atoms with Crippen LogP contribution in [-0.4, -0.2) is 24.2 Å². The summed E-state index contributed by atoms with van der Waals surface area (Å²) in [6.45, 7) is 4.62. The van der Waals surface area contributed by atoms with Crippen LogP contribution in [0.25, 0.3) is 22.4 Å².